The molecule has 4 aromatic rings. The predicted octanol–water partition coefficient (Wildman–Crippen LogP) is 4.97. The summed E-state index contributed by atoms with van der Waals surface area (Å²) in [5, 5.41) is 14.9. The second kappa shape index (κ2) is 12.2. The molecule has 0 saturated heterocycles. The van der Waals surface area contributed by atoms with E-state index in [0.717, 1.165) is 16.9 Å². The number of anilines is 1. The normalized spacial score (nSPS) is 10.5. The molecule has 0 spiro atoms. The number of ether oxygens (including phenoxy) is 3. The van der Waals surface area contributed by atoms with Crippen LogP contribution in [0.3, 0.4) is 0 Å². The van der Waals surface area contributed by atoms with Crippen LogP contribution < -0.4 is 24.8 Å². The lowest BCUT2D eigenvalue weighted by atomic mass is 10.1. The lowest BCUT2D eigenvalue weighted by molar-refractivity contribution is 0.0950. The maximum atomic E-state index is 12.6. The summed E-state index contributed by atoms with van der Waals surface area (Å²) in [6.07, 6.45) is 0. The molecule has 0 aliphatic rings. The molecule has 190 valence electrons. The first kappa shape index (κ1) is 25.9. The summed E-state index contributed by atoms with van der Waals surface area (Å²) in [5.74, 6) is 1.06. The maximum Gasteiger partial charge on any atom is 0.286 e. The van der Waals surface area contributed by atoms with Crippen LogP contribution >= 0.6 is 22.9 Å². The first-order chi connectivity index (χ1) is 17.9. The minimum absolute atomic E-state index is 0.138. The lowest BCUT2D eigenvalue weighted by Crippen LogP contribution is -2.22. The summed E-state index contributed by atoms with van der Waals surface area (Å²) < 4.78 is 16.2. The Morgan fingerprint density at radius 2 is 1.70 bits per heavy atom. The number of carbonyl (C=O) groups is 2. The van der Waals surface area contributed by atoms with E-state index in [-0.39, 0.29) is 17.5 Å². The number of benzene rings is 3. The van der Waals surface area contributed by atoms with Crippen LogP contribution in [0.15, 0.2) is 66.7 Å². The summed E-state index contributed by atoms with van der Waals surface area (Å²) >= 11 is 7.10. The van der Waals surface area contributed by atoms with Gasteiger partial charge in [0.1, 0.15) is 12.4 Å². The van der Waals surface area contributed by atoms with Crippen LogP contribution in [0.1, 0.15) is 30.7 Å². The molecular weight excluding hydrogens is 516 g/mol. The quantitative estimate of drug-likeness (QED) is 0.293. The number of nitrogens with zero attached hydrogens (tertiary/aromatic N) is 2. The van der Waals surface area contributed by atoms with Gasteiger partial charge in [0.2, 0.25) is 5.01 Å². The summed E-state index contributed by atoms with van der Waals surface area (Å²) in [6.45, 7) is 0.492. The highest BCUT2D eigenvalue weighted by atomic mass is 35.5. The molecule has 2 amide bonds. The first-order valence-electron chi connectivity index (χ1n) is 11.1. The second-order valence-corrected chi connectivity index (χ2v) is 9.15. The molecule has 0 radical (unpaired) electrons. The van der Waals surface area contributed by atoms with Gasteiger partial charge in [-0.15, -0.1) is 10.2 Å². The van der Waals surface area contributed by atoms with Gasteiger partial charge in [-0.1, -0.05) is 35.1 Å². The van der Waals surface area contributed by atoms with E-state index in [4.69, 9.17) is 25.8 Å². The first-order valence-corrected chi connectivity index (χ1v) is 12.3. The fourth-order valence-electron chi connectivity index (χ4n) is 3.28. The SMILES string of the molecule is COc1ccc(OCc2nnc(C(=O)Nc3ccc(C(=O)NCc4cccc(Cl)c4)cc3)s2)cc1OC. The standard InChI is InChI=1S/C26H23ClN4O5S/c1-34-21-11-10-20(13-22(21)35-2)36-15-23-30-31-26(37-23)25(33)29-19-8-6-17(7-9-19)24(32)28-14-16-4-3-5-18(27)12-16/h3-13H,14-15H2,1-2H3,(H,28,32)(H,29,33). The molecule has 4 rings (SSSR count). The number of rotatable bonds is 10. The van der Waals surface area contributed by atoms with Crippen molar-refractivity contribution in [1.82, 2.24) is 15.5 Å². The number of carbonyl (C=O) groups excluding carboxylic acids is 2. The molecule has 3 aromatic carbocycles. The van der Waals surface area contributed by atoms with E-state index in [1.54, 1.807) is 68.8 Å². The molecule has 0 aliphatic heterocycles. The Kier molecular flexibility index (Phi) is 8.55. The van der Waals surface area contributed by atoms with E-state index in [2.05, 4.69) is 20.8 Å². The molecule has 1 heterocycles. The molecule has 0 unspecified atom stereocenters. The topological polar surface area (TPSA) is 112 Å². The van der Waals surface area contributed by atoms with Crippen molar-refractivity contribution in [1.29, 1.82) is 0 Å². The van der Waals surface area contributed by atoms with Gasteiger partial charge in [-0.05, 0) is 54.1 Å². The van der Waals surface area contributed by atoms with Crippen molar-refractivity contribution in [2.75, 3.05) is 19.5 Å². The Bertz CT molecular complexity index is 1390. The molecule has 11 heteroatoms. The van der Waals surface area contributed by atoms with Gasteiger partial charge in [-0.2, -0.15) is 0 Å². The van der Waals surface area contributed by atoms with E-state index in [0.29, 0.717) is 45.1 Å². The highest BCUT2D eigenvalue weighted by molar-refractivity contribution is 7.13. The smallest absolute Gasteiger partial charge is 0.286 e. The van der Waals surface area contributed by atoms with E-state index in [1.807, 2.05) is 12.1 Å². The molecule has 9 nitrogen and oxygen atoms in total. The van der Waals surface area contributed by atoms with Crippen LogP contribution in [0, 0.1) is 0 Å². The van der Waals surface area contributed by atoms with Gasteiger partial charge >= 0.3 is 0 Å². The number of nitrogens with one attached hydrogen (secondary N) is 2. The predicted molar refractivity (Wildman–Crippen MR) is 141 cm³/mol. The van der Waals surface area contributed by atoms with E-state index < -0.39 is 5.91 Å². The van der Waals surface area contributed by atoms with Crippen molar-refractivity contribution in [3.8, 4) is 17.2 Å². The van der Waals surface area contributed by atoms with Gasteiger partial charge < -0.3 is 24.8 Å². The van der Waals surface area contributed by atoms with Gasteiger partial charge in [-0.3, -0.25) is 9.59 Å². The third-order valence-corrected chi connectivity index (χ3v) is 6.26. The van der Waals surface area contributed by atoms with E-state index in [1.165, 1.54) is 0 Å². The van der Waals surface area contributed by atoms with Gasteiger partial charge in [0, 0.05) is 28.9 Å². The van der Waals surface area contributed by atoms with Gasteiger partial charge in [0.05, 0.1) is 14.2 Å². The van der Waals surface area contributed by atoms with Crippen molar-refractivity contribution >= 4 is 40.4 Å². The molecule has 1 aromatic heterocycles. The number of hydrogen-bond donors (Lipinski definition) is 2. The van der Waals surface area contributed by atoms with Crippen molar-refractivity contribution in [3.63, 3.8) is 0 Å². The Balaban J connectivity index is 1.29. The molecule has 37 heavy (non-hydrogen) atoms. The number of aromatic nitrogens is 2. The van der Waals surface area contributed by atoms with Gasteiger partial charge in [-0.25, -0.2) is 0 Å². The van der Waals surface area contributed by atoms with Crippen molar-refractivity contribution in [2.45, 2.75) is 13.2 Å². The van der Waals surface area contributed by atoms with Crippen LogP contribution in [0.5, 0.6) is 17.2 Å². The van der Waals surface area contributed by atoms with Gasteiger partial charge in [0.25, 0.3) is 11.8 Å². The highest BCUT2D eigenvalue weighted by Crippen LogP contribution is 2.31. The summed E-state index contributed by atoms with van der Waals surface area (Å²) in [5.41, 5.74) is 1.88. The highest BCUT2D eigenvalue weighted by Gasteiger charge is 2.15. The van der Waals surface area contributed by atoms with E-state index in [9.17, 15) is 9.59 Å². The second-order valence-electron chi connectivity index (χ2n) is 7.65. The van der Waals surface area contributed by atoms with Crippen LogP contribution in [-0.4, -0.2) is 36.2 Å². The Hall–Kier alpha value is -4.15. The Labute approximate surface area is 222 Å². The summed E-state index contributed by atoms with van der Waals surface area (Å²) in [6, 6.07) is 19.0. The average Bonchev–Trinajstić information content (AvgIpc) is 3.40. The fourth-order valence-corrected chi connectivity index (χ4v) is 4.14. The minimum atomic E-state index is -0.409. The number of halogens is 1. The zero-order valence-electron chi connectivity index (χ0n) is 20.0. The molecule has 0 bridgehead atoms. The molecule has 0 fully saturated rings. The van der Waals surface area contributed by atoms with Crippen molar-refractivity contribution in [3.05, 3.63) is 92.9 Å². The lowest BCUT2D eigenvalue weighted by Gasteiger charge is -2.09. The largest absolute Gasteiger partial charge is 0.493 e. The molecular formula is C26H23ClN4O5S. The zero-order valence-corrected chi connectivity index (χ0v) is 21.6. The number of methoxy groups -OCH3 is 2. The fraction of sp³-hybridized carbons (Fsp3) is 0.154. The van der Waals surface area contributed by atoms with Crippen molar-refractivity contribution in [2.24, 2.45) is 0 Å². The summed E-state index contributed by atoms with van der Waals surface area (Å²) in [4.78, 5) is 25.0. The molecule has 0 atom stereocenters. The molecule has 0 saturated carbocycles. The van der Waals surface area contributed by atoms with Crippen LogP contribution in [0.25, 0.3) is 0 Å². The molecule has 0 aliphatic carbocycles. The zero-order chi connectivity index (χ0) is 26.2. The monoisotopic (exact) mass is 538 g/mol. The minimum Gasteiger partial charge on any atom is -0.493 e. The summed E-state index contributed by atoms with van der Waals surface area (Å²) in [7, 11) is 3.10. The maximum absolute atomic E-state index is 12.6. The van der Waals surface area contributed by atoms with Crippen LogP contribution in [-0.2, 0) is 13.2 Å². The number of hydrogen-bond acceptors (Lipinski definition) is 8. The van der Waals surface area contributed by atoms with E-state index >= 15 is 0 Å². The Morgan fingerprint density at radius 3 is 2.43 bits per heavy atom. The molecule has 2 N–H and O–H groups in total. The number of amides is 2. The Morgan fingerprint density at radius 1 is 0.919 bits per heavy atom. The average molecular weight is 539 g/mol. The van der Waals surface area contributed by atoms with Gasteiger partial charge in [0.15, 0.2) is 16.5 Å². The van der Waals surface area contributed by atoms with Crippen molar-refractivity contribution < 1.29 is 23.8 Å². The third kappa shape index (κ3) is 6.96. The third-order valence-electron chi connectivity index (χ3n) is 5.13. The van der Waals surface area contributed by atoms with Crippen LogP contribution in [0.4, 0.5) is 5.69 Å². The van der Waals surface area contributed by atoms with Crippen LogP contribution in [0.2, 0.25) is 5.02 Å².